The summed E-state index contributed by atoms with van der Waals surface area (Å²) in [5.74, 6) is 0.0989. The zero-order valence-electron chi connectivity index (χ0n) is 11.7. The van der Waals surface area contributed by atoms with E-state index >= 15 is 0 Å². The Hall–Kier alpha value is -1.39. The summed E-state index contributed by atoms with van der Waals surface area (Å²) in [6.45, 7) is 6.20. The molecule has 0 aromatic heterocycles. The minimum atomic E-state index is -0.333. The molecule has 0 N–H and O–H groups in total. The first kappa shape index (κ1) is 14.0. The highest BCUT2D eigenvalue weighted by atomic mass is 16.5. The molecule has 4 nitrogen and oxygen atoms in total. The molecule has 104 valence electrons. The van der Waals surface area contributed by atoms with Crippen molar-refractivity contribution in [2.45, 2.75) is 19.6 Å². The molecule has 0 radical (unpaired) electrons. The molecule has 0 bridgehead atoms. The van der Waals surface area contributed by atoms with Gasteiger partial charge in [-0.15, -0.1) is 0 Å². The molecular weight excluding hydrogens is 240 g/mol. The number of nitrogens with zero attached hydrogens (tertiary/aromatic N) is 2. The Bertz CT molecular complexity index is 400. The van der Waals surface area contributed by atoms with Crippen LogP contribution in [-0.4, -0.2) is 55.1 Å². The molecule has 0 unspecified atom stereocenters. The molecule has 1 aliphatic heterocycles. The van der Waals surface area contributed by atoms with E-state index in [0.29, 0.717) is 0 Å². The van der Waals surface area contributed by atoms with Crippen LogP contribution in [0.5, 0.6) is 0 Å². The fraction of sp³-hybridized carbons (Fsp3) is 0.533. The van der Waals surface area contributed by atoms with Crippen molar-refractivity contribution in [2.24, 2.45) is 0 Å². The van der Waals surface area contributed by atoms with Crippen LogP contribution >= 0.6 is 0 Å². The van der Waals surface area contributed by atoms with Crippen LogP contribution in [0.3, 0.4) is 0 Å². The van der Waals surface area contributed by atoms with E-state index in [1.807, 2.05) is 11.0 Å². The van der Waals surface area contributed by atoms with Gasteiger partial charge in [-0.25, -0.2) is 0 Å². The van der Waals surface area contributed by atoms with Crippen LogP contribution in [0.1, 0.15) is 12.5 Å². The highest BCUT2D eigenvalue weighted by Gasteiger charge is 2.24. The summed E-state index contributed by atoms with van der Waals surface area (Å²) in [5.41, 5.74) is 1.33. The maximum Gasteiger partial charge on any atom is 0.251 e. The van der Waals surface area contributed by atoms with Crippen LogP contribution in [0, 0.1) is 0 Å². The minimum absolute atomic E-state index is 0.0989. The molecular formula is C15H22N2O2. The van der Waals surface area contributed by atoms with E-state index < -0.39 is 0 Å². The lowest BCUT2D eigenvalue weighted by Gasteiger charge is -2.35. The molecule has 19 heavy (non-hydrogen) atoms. The van der Waals surface area contributed by atoms with E-state index in [1.165, 1.54) is 5.56 Å². The predicted molar refractivity (Wildman–Crippen MR) is 74.8 cm³/mol. The number of rotatable bonds is 4. The third-order valence-electron chi connectivity index (χ3n) is 3.63. The van der Waals surface area contributed by atoms with Crippen molar-refractivity contribution >= 4 is 5.91 Å². The quantitative estimate of drug-likeness (QED) is 0.821. The summed E-state index contributed by atoms with van der Waals surface area (Å²) in [7, 11) is 1.58. The molecule has 1 fully saturated rings. The fourth-order valence-corrected chi connectivity index (χ4v) is 2.33. The molecule has 2 rings (SSSR count). The van der Waals surface area contributed by atoms with Gasteiger partial charge in [-0.05, 0) is 12.5 Å². The molecule has 1 saturated heterocycles. The Balaban J connectivity index is 1.81. The summed E-state index contributed by atoms with van der Waals surface area (Å²) >= 11 is 0. The van der Waals surface area contributed by atoms with Crippen LogP contribution in [-0.2, 0) is 16.1 Å². The van der Waals surface area contributed by atoms with Gasteiger partial charge in [-0.2, -0.15) is 0 Å². The Morgan fingerprint density at radius 2 is 1.84 bits per heavy atom. The second-order valence-corrected chi connectivity index (χ2v) is 4.96. The van der Waals surface area contributed by atoms with Gasteiger partial charge < -0.3 is 9.64 Å². The molecule has 1 atom stereocenters. The summed E-state index contributed by atoms with van der Waals surface area (Å²) in [5, 5.41) is 0. The van der Waals surface area contributed by atoms with E-state index in [0.717, 1.165) is 32.7 Å². The maximum atomic E-state index is 12.0. The standard InChI is InChI=1S/C15H22N2O2/c1-13(19-2)15(18)17-10-8-16(9-11-17)12-14-6-4-3-5-7-14/h3-7,13H,8-12H2,1-2H3/t13-/m1/s1. The first-order chi connectivity index (χ1) is 9.20. The number of carbonyl (C=O) groups excluding carboxylic acids is 1. The third kappa shape index (κ3) is 3.78. The van der Waals surface area contributed by atoms with Crippen LogP contribution in [0.4, 0.5) is 0 Å². The average molecular weight is 262 g/mol. The number of benzene rings is 1. The lowest BCUT2D eigenvalue weighted by molar-refractivity contribution is -0.142. The zero-order chi connectivity index (χ0) is 13.7. The van der Waals surface area contributed by atoms with Crippen LogP contribution in [0.15, 0.2) is 30.3 Å². The van der Waals surface area contributed by atoms with Gasteiger partial charge in [-0.1, -0.05) is 30.3 Å². The molecule has 4 heteroatoms. The van der Waals surface area contributed by atoms with E-state index in [4.69, 9.17) is 4.74 Å². The van der Waals surface area contributed by atoms with Crippen LogP contribution < -0.4 is 0 Å². The predicted octanol–water partition coefficient (Wildman–Crippen LogP) is 1.37. The summed E-state index contributed by atoms with van der Waals surface area (Å²) in [6.07, 6.45) is -0.333. The summed E-state index contributed by atoms with van der Waals surface area (Å²) < 4.78 is 5.08. The van der Waals surface area contributed by atoms with Crippen molar-refractivity contribution in [3.8, 4) is 0 Å². The number of piperazine rings is 1. The van der Waals surface area contributed by atoms with Gasteiger partial charge in [0.25, 0.3) is 5.91 Å². The van der Waals surface area contributed by atoms with Gasteiger partial charge in [0.15, 0.2) is 0 Å². The van der Waals surface area contributed by atoms with Crippen molar-refractivity contribution < 1.29 is 9.53 Å². The minimum Gasteiger partial charge on any atom is -0.372 e. The molecule has 1 aromatic carbocycles. The van der Waals surface area contributed by atoms with E-state index in [9.17, 15) is 4.79 Å². The van der Waals surface area contributed by atoms with Crippen LogP contribution in [0.2, 0.25) is 0 Å². The lowest BCUT2D eigenvalue weighted by atomic mass is 10.2. The summed E-state index contributed by atoms with van der Waals surface area (Å²) in [6, 6.07) is 10.5. The van der Waals surface area contributed by atoms with Crippen molar-refractivity contribution in [1.82, 2.24) is 9.80 Å². The lowest BCUT2D eigenvalue weighted by Crippen LogP contribution is -2.50. The second-order valence-electron chi connectivity index (χ2n) is 4.96. The molecule has 0 saturated carbocycles. The van der Waals surface area contributed by atoms with Crippen molar-refractivity contribution in [2.75, 3.05) is 33.3 Å². The Morgan fingerprint density at radius 1 is 1.21 bits per heavy atom. The van der Waals surface area contributed by atoms with Crippen molar-refractivity contribution in [3.63, 3.8) is 0 Å². The molecule has 1 heterocycles. The Labute approximate surface area is 115 Å². The van der Waals surface area contributed by atoms with Crippen molar-refractivity contribution in [3.05, 3.63) is 35.9 Å². The van der Waals surface area contributed by atoms with E-state index in [-0.39, 0.29) is 12.0 Å². The Kier molecular flexibility index (Phi) is 4.93. The molecule has 1 aromatic rings. The van der Waals surface area contributed by atoms with E-state index in [1.54, 1.807) is 14.0 Å². The first-order valence-corrected chi connectivity index (χ1v) is 6.78. The van der Waals surface area contributed by atoms with Gasteiger partial charge in [0.2, 0.25) is 0 Å². The molecule has 0 spiro atoms. The SMILES string of the molecule is CO[C@H](C)C(=O)N1CCN(Cc2ccccc2)CC1. The highest BCUT2D eigenvalue weighted by Crippen LogP contribution is 2.09. The van der Waals surface area contributed by atoms with Gasteiger partial charge in [0, 0.05) is 39.8 Å². The number of methoxy groups -OCH3 is 1. The largest absolute Gasteiger partial charge is 0.372 e. The van der Waals surface area contributed by atoms with Gasteiger partial charge >= 0.3 is 0 Å². The average Bonchev–Trinajstić information content (AvgIpc) is 2.47. The normalized spacial score (nSPS) is 18.3. The number of hydrogen-bond acceptors (Lipinski definition) is 3. The number of carbonyl (C=O) groups is 1. The zero-order valence-corrected chi connectivity index (χ0v) is 11.7. The van der Waals surface area contributed by atoms with Gasteiger partial charge in [-0.3, -0.25) is 9.69 Å². The van der Waals surface area contributed by atoms with Crippen LogP contribution in [0.25, 0.3) is 0 Å². The maximum absolute atomic E-state index is 12.0. The second kappa shape index (κ2) is 6.68. The number of amides is 1. The van der Waals surface area contributed by atoms with Gasteiger partial charge in [0.05, 0.1) is 0 Å². The van der Waals surface area contributed by atoms with Gasteiger partial charge in [0.1, 0.15) is 6.10 Å². The smallest absolute Gasteiger partial charge is 0.251 e. The molecule has 1 aliphatic rings. The monoisotopic (exact) mass is 262 g/mol. The Morgan fingerprint density at radius 3 is 2.42 bits per heavy atom. The third-order valence-corrected chi connectivity index (χ3v) is 3.63. The topological polar surface area (TPSA) is 32.8 Å². The molecule has 0 aliphatic carbocycles. The van der Waals surface area contributed by atoms with E-state index in [2.05, 4.69) is 29.2 Å². The highest BCUT2D eigenvalue weighted by molar-refractivity contribution is 5.80. The fourth-order valence-electron chi connectivity index (χ4n) is 2.33. The molecule has 1 amide bonds. The van der Waals surface area contributed by atoms with Crippen molar-refractivity contribution in [1.29, 1.82) is 0 Å². The first-order valence-electron chi connectivity index (χ1n) is 6.78. The number of hydrogen-bond donors (Lipinski definition) is 0. The summed E-state index contributed by atoms with van der Waals surface area (Å²) in [4.78, 5) is 16.3. The number of ether oxygens (including phenoxy) is 1.